The maximum Gasteiger partial charge on any atom is 0.0780 e. The highest BCUT2D eigenvalue weighted by atomic mass is 14.7. The van der Waals surface area contributed by atoms with Crippen molar-refractivity contribution in [1.29, 1.82) is 0 Å². The molecule has 2 aliphatic rings. The number of aryl methyl sites for hydroxylation is 2. The number of para-hydroxylation sites is 1. The summed E-state index contributed by atoms with van der Waals surface area (Å²) in [5.41, 5.74) is 15.0. The molecule has 0 N–H and O–H groups in total. The van der Waals surface area contributed by atoms with Gasteiger partial charge in [-0.3, -0.25) is 9.97 Å². The molecule has 0 bridgehead atoms. The van der Waals surface area contributed by atoms with Crippen LogP contribution in [0.25, 0.3) is 66.0 Å². The molecule has 0 spiro atoms. The third-order valence-electron chi connectivity index (χ3n) is 10.3. The molecule has 2 heterocycles. The Morgan fingerprint density at radius 3 is 2.29 bits per heavy atom. The van der Waals surface area contributed by atoms with Crippen LogP contribution in [0.15, 0.2) is 146 Å². The predicted octanol–water partition coefficient (Wildman–Crippen LogP) is 11.9. The van der Waals surface area contributed by atoms with E-state index in [4.69, 9.17) is 16.5 Å². The Balaban J connectivity index is 1.41. The standard InChI is InChI=1S/C46H34N2/c1-28-26-39(31-14-6-4-7-15-31)43-29(2)42-37-20-12-13-21-40(37)48-46(33-17-8-5-9-18-33)44(42)30(3)41(43)36-23-22-34(27-38(28)36)45-35-19-11-10-16-32(35)24-25-47-45/h4-17,19-27,33H,1,18H2,2-3H3. The summed E-state index contributed by atoms with van der Waals surface area (Å²) in [5, 5.41) is 6.09. The molecule has 0 saturated heterocycles. The van der Waals surface area contributed by atoms with Gasteiger partial charge in [0.15, 0.2) is 0 Å². The lowest BCUT2D eigenvalue weighted by Gasteiger charge is -2.25. The first kappa shape index (κ1) is 28.4. The van der Waals surface area contributed by atoms with E-state index >= 15 is 0 Å². The van der Waals surface area contributed by atoms with Crippen LogP contribution in [0.1, 0.15) is 45.8 Å². The third-order valence-corrected chi connectivity index (χ3v) is 10.3. The molecule has 5 aromatic carbocycles. The molecule has 0 fully saturated rings. The lowest BCUT2D eigenvalue weighted by molar-refractivity contribution is 0.831. The van der Waals surface area contributed by atoms with Crippen molar-refractivity contribution in [2.24, 2.45) is 0 Å². The molecule has 0 amide bonds. The van der Waals surface area contributed by atoms with Gasteiger partial charge in [0.05, 0.1) is 16.9 Å². The molecule has 2 aromatic heterocycles. The third kappa shape index (κ3) is 4.33. The second-order valence-corrected chi connectivity index (χ2v) is 13.0. The Morgan fingerprint density at radius 1 is 0.688 bits per heavy atom. The van der Waals surface area contributed by atoms with E-state index in [9.17, 15) is 0 Å². The van der Waals surface area contributed by atoms with Crippen LogP contribution in [0, 0.1) is 13.8 Å². The highest BCUT2D eigenvalue weighted by Crippen LogP contribution is 2.50. The van der Waals surface area contributed by atoms with E-state index in [1.54, 1.807) is 0 Å². The average Bonchev–Trinajstić information content (AvgIpc) is 3.27. The van der Waals surface area contributed by atoms with Gasteiger partial charge in [-0.1, -0.05) is 116 Å². The van der Waals surface area contributed by atoms with Gasteiger partial charge in [-0.05, 0) is 105 Å². The number of benzene rings is 5. The summed E-state index contributed by atoms with van der Waals surface area (Å²) in [6.07, 6.45) is 14.0. The van der Waals surface area contributed by atoms with Crippen LogP contribution in [0.4, 0.5) is 0 Å². The lowest BCUT2D eigenvalue weighted by Crippen LogP contribution is -2.07. The molecule has 0 saturated carbocycles. The van der Waals surface area contributed by atoms with E-state index in [1.807, 2.05) is 6.20 Å². The molecule has 2 heteroatoms. The number of allylic oxidation sites excluding steroid dienone is 6. The van der Waals surface area contributed by atoms with Crippen molar-refractivity contribution >= 4 is 43.6 Å². The first-order chi connectivity index (χ1) is 23.6. The molecule has 228 valence electrons. The molecular weight excluding hydrogens is 581 g/mol. The predicted molar refractivity (Wildman–Crippen MR) is 203 cm³/mol. The molecule has 1 unspecified atom stereocenters. The Bertz CT molecular complexity index is 2560. The number of hydrogen-bond acceptors (Lipinski definition) is 2. The summed E-state index contributed by atoms with van der Waals surface area (Å²) < 4.78 is 0. The van der Waals surface area contributed by atoms with E-state index in [1.165, 1.54) is 60.5 Å². The Morgan fingerprint density at radius 2 is 1.46 bits per heavy atom. The van der Waals surface area contributed by atoms with Crippen LogP contribution in [0.5, 0.6) is 0 Å². The van der Waals surface area contributed by atoms with Crippen LogP contribution in [-0.2, 0) is 0 Å². The van der Waals surface area contributed by atoms with Gasteiger partial charge in [0.2, 0.25) is 0 Å². The minimum absolute atomic E-state index is 0.211. The molecule has 2 nitrogen and oxygen atoms in total. The molecule has 7 aromatic rings. The van der Waals surface area contributed by atoms with Crippen molar-refractivity contribution in [3.63, 3.8) is 0 Å². The molecule has 0 radical (unpaired) electrons. The van der Waals surface area contributed by atoms with Crippen molar-refractivity contribution < 1.29 is 0 Å². The van der Waals surface area contributed by atoms with Crippen LogP contribution in [0.3, 0.4) is 0 Å². The zero-order chi connectivity index (χ0) is 32.4. The fraction of sp³-hybridized carbons (Fsp3) is 0.0870. The van der Waals surface area contributed by atoms with Gasteiger partial charge < -0.3 is 0 Å². The van der Waals surface area contributed by atoms with Crippen molar-refractivity contribution in [2.75, 3.05) is 0 Å². The fourth-order valence-corrected chi connectivity index (χ4v) is 8.04. The SMILES string of the molecule is C=C1C=C(c2ccccc2)c2c(c(C)c3c(C4C=CC=CC4)nc4ccccc4c3c2C)-c2ccc(-c3nccc4ccccc34)cc21. The zero-order valence-electron chi connectivity index (χ0n) is 27.2. The van der Waals surface area contributed by atoms with Gasteiger partial charge in [-0.15, -0.1) is 0 Å². The normalized spacial score (nSPS) is 15.4. The molecule has 9 rings (SSSR count). The van der Waals surface area contributed by atoms with Crippen molar-refractivity contribution in [1.82, 2.24) is 9.97 Å². The summed E-state index contributed by atoms with van der Waals surface area (Å²) >= 11 is 0. The van der Waals surface area contributed by atoms with E-state index < -0.39 is 0 Å². The molecule has 48 heavy (non-hydrogen) atoms. The van der Waals surface area contributed by atoms with Gasteiger partial charge in [0.1, 0.15) is 0 Å². The van der Waals surface area contributed by atoms with E-state index in [0.717, 1.165) is 45.4 Å². The smallest absolute Gasteiger partial charge is 0.0780 e. The monoisotopic (exact) mass is 614 g/mol. The minimum Gasteiger partial charge on any atom is -0.256 e. The number of nitrogens with zero attached hydrogens (tertiary/aromatic N) is 2. The van der Waals surface area contributed by atoms with Crippen LogP contribution in [-0.4, -0.2) is 9.97 Å². The number of hydrogen-bond donors (Lipinski definition) is 0. The maximum absolute atomic E-state index is 5.41. The highest BCUT2D eigenvalue weighted by Gasteiger charge is 2.29. The number of pyridine rings is 2. The summed E-state index contributed by atoms with van der Waals surface area (Å²) in [6.45, 7) is 9.34. The molecule has 0 aliphatic heterocycles. The van der Waals surface area contributed by atoms with Crippen molar-refractivity contribution in [3.05, 3.63) is 180 Å². The fourth-order valence-electron chi connectivity index (χ4n) is 8.04. The van der Waals surface area contributed by atoms with Gasteiger partial charge in [0.25, 0.3) is 0 Å². The Kier molecular flexibility index (Phi) is 6.58. The van der Waals surface area contributed by atoms with E-state index in [-0.39, 0.29) is 5.92 Å². The van der Waals surface area contributed by atoms with Gasteiger partial charge >= 0.3 is 0 Å². The topological polar surface area (TPSA) is 25.8 Å². The molecular formula is C46H34N2. The maximum atomic E-state index is 5.41. The molecule has 1 atom stereocenters. The first-order valence-corrected chi connectivity index (χ1v) is 16.7. The van der Waals surface area contributed by atoms with E-state index in [2.05, 4.69) is 147 Å². The van der Waals surface area contributed by atoms with E-state index in [0.29, 0.717) is 0 Å². The number of fused-ring (bicyclic) bond motifs is 7. The quantitative estimate of drug-likeness (QED) is 0.185. The number of aromatic nitrogens is 2. The highest BCUT2D eigenvalue weighted by molar-refractivity contribution is 6.16. The molecule has 2 aliphatic carbocycles. The summed E-state index contributed by atoms with van der Waals surface area (Å²) in [7, 11) is 0. The van der Waals surface area contributed by atoms with Crippen LogP contribution >= 0.6 is 0 Å². The van der Waals surface area contributed by atoms with Crippen molar-refractivity contribution in [3.8, 4) is 22.4 Å². The second-order valence-electron chi connectivity index (χ2n) is 13.0. The summed E-state index contributed by atoms with van der Waals surface area (Å²) in [6, 6.07) is 36.8. The Labute approximate surface area is 281 Å². The summed E-state index contributed by atoms with van der Waals surface area (Å²) in [4.78, 5) is 10.3. The van der Waals surface area contributed by atoms with Crippen LogP contribution < -0.4 is 0 Å². The number of rotatable bonds is 3. The first-order valence-electron chi connectivity index (χ1n) is 16.7. The Hall–Kier alpha value is -5.86. The lowest BCUT2D eigenvalue weighted by atomic mass is 9.79. The van der Waals surface area contributed by atoms with Gasteiger partial charge in [-0.25, -0.2) is 0 Å². The van der Waals surface area contributed by atoms with Crippen LogP contribution in [0.2, 0.25) is 0 Å². The van der Waals surface area contributed by atoms with Gasteiger partial charge in [0, 0.05) is 33.8 Å². The summed E-state index contributed by atoms with van der Waals surface area (Å²) in [5.74, 6) is 0.211. The zero-order valence-corrected chi connectivity index (χ0v) is 27.2. The largest absolute Gasteiger partial charge is 0.256 e. The van der Waals surface area contributed by atoms with Crippen molar-refractivity contribution in [2.45, 2.75) is 26.2 Å². The van der Waals surface area contributed by atoms with Gasteiger partial charge in [-0.2, -0.15) is 0 Å². The average molecular weight is 615 g/mol. The minimum atomic E-state index is 0.211. The second kappa shape index (κ2) is 11.1.